The third kappa shape index (κ3) is 6.39. The highest BCUT2D eigenvalue weighted by Gasteiger charge is 1.83. The fourth-order valence-corrected chi connectivity index (χ4v) is 1.45. The highest BCUT2D eigenvalue weighted by Crippen LogP contribution is 2.04. The van der Waals surface area contributed by atoms with Crippen LogP contribution in [-0.2, 0) is 0 Å². The third-order valence-corrected chi connectivity index (χ3v) is 2.24. The summed E-state index contributed by atoms with van der Waals surface area (Å²) in [4.78, 5) is 0. The number of hydrogen-bond donors (Lipinski definition) is 0. The first kappa shape index (κ1) is 10.3. The van der Waals surface area contributed by atoms with Crippen molar-refractivity contribution in [3.8, 4) is 0 Å². The standard InChI is InChI=1S/C13H20/c1-2-4-6-8-10-12-13-11-9-7-5-3-1/h1-2,7-10H,3-6,11-13H2/b2-1+,9-7+,10-8?. The minimum absolute atomic E-state index is 1.21. The molecule has 13 heavy (non-hydrogen) atoms. The van der Waals surface area contributed by atoms with Crippen molar-refractivity contribution >= 4 is 0 Å². The molecular weight excluding hydrogens is 156 g/mol. The lowest BCUT2D eigenvalue weighted by atomic mass is 10.2. The van der Waals surface area contributed by atoms with E-state index in [2.05, 4.69) is 36.5 Å². The minimum atomic E-state index is 1.21. The Morgan fingerprint density at radius 1 is 0.385 bits per heavy atom. The Hall–Kier alpha value is -0.780. The van der Waals surface area contributed by atoms with Crippen LogP contribution in [0.1, 0.15) is 44.9 Å². The summed E-state index contributed by atoms with van der Waals surface area (Å²) in [6, 6.07) is 0. The third-order valence-electron chi connectivity index (χ3n) is 2.24. The van der Waals surface area contributed by atoms with Crippen LogP contribution in [0.3, 0.4) is 0 Å². The molecule has 0 saturated heterocycles. The first-order chi connectivity index (χ1) is 6.50. The molecule has 0 fully saturated rings. The Morgan fingerprint density at radius 2 is 0.692 bits per heavy atom. The molecule has 0 radical (unpaired) electrons. The van der Waals surface area contributed by atoms with Crippen molar-refractivity contribution in [3.05, 3.63) is 36.5 Å². The summed E-state index contributed by atoms with van der Waals surface area (Å²) in [5, 5.41) is 0. The summed E-state index contributed by atoms with van der Waals surface area (Å²) in [6.07, 6.45) is 22.5. The molecule has 0 aliphatic heterocycles. The summed E-state index contributed by atoms with van der Waals surface area (Å²) in [5.41, 5.74) is 0. The van der Waals surface area contributed by atoms with E-state index in [-0.39, 0.29) is 0 Å². The normalized spacial score (nSPS) is 25.2. The Morgan fingerprint density at radius 3 is 1.08 bits per heavy atom. The van der Waals surface area contributed by atoms with Crippen LogP contribution in [-0.4, -0.2) is 0 Å². The summed E-state index contributed by atoms with van der Waals surface area (Å²) in [5.74, 6) is 0. The smallest absolute Gasteiger partial charge is 0.0316 e. The largest absolute Gasteiger partial charge is 0.0885 e. The Bertz CT molecular complexity index is 164. The van der Waals surface area contributed by atoms with Crippen molar-refractivity contribution < 1.29 is 0 Å². The van der Waals surface area contributed by atoms with E-state index in [1.807, 2.05) is 0 Å². The Balaban J connectivity index is 2.27. The summed E-state index contributed by atoms with van der Waals surface area (Å²) < 4.78 is 0. The summed E-state index contributed by atoms with van der Waals surface area (Å²) in [7, 11) is 0. The molecule has 0 amide bonds. The fourth-order valence-electron chi connectivity index (χ4n) is 1.45. The number of allylic oxidation sites excluding steroid dienone is 6. The molecule has 0 unspecified atom stereocenters. The predicted molar refractivity (Wildman–Crippen MR) is 59.7 cm³/mol. The van der Waals surface area contributed by atoms with Gasteiger partial charge in [-0.05, 0) is 44.9 Å². The maximum atomic E-state index is 2.32. The van der Waals surface area contributed by atoms with Crippen LogP contribution in [0.2, 0.25) is 0 Å². The van der Waals surface area contributed by atoms with E-state index in [4.69, 9.17) is 0 Å². The fraction of sp³-hybridized carbons (Fsp3) is 0.538. The van der Waals surface area contributed by atoms with Crippen molar-refractivity contribution in [1.82, 2.24) is 0 Å². The molecule has 0 aromatic rings. The van der Waals surface area contributed by atoms with Crippen molar-refractivity contribution in [1.29, 1.82) is 0 Å². The van der Waals surface area contributed by atoms with Gasteiger partial charge in [0.25, 0.3) is 0 Å². The molecule has 0 spiro atoms. The second-order valence-corrected chi connectivity index (χ2v) is 3.50. The lowest BCUT2D eigenvalue weighted by Crippen LogP contribution is -1.69. The molecule has 0 aromatic carbocycles. The molecule has 0 saturated carbocycles. The molecule has 0 N–H and O–H groups in total. The Labute approximate surface area is 82.0 Å². The van der Waals surface area contributed by atoms with E-state index in [1.165, 1.54) is 44.9 Å². The minimum Gasteiger partial charge on any atom is -0.0885 e. The molecule has 0 heteroatoms. The molecule has 0 bridgehead atoms. The van der Waals surface area contributed by atoms with Crippen molar-refractivity contribution in [2.45, 2.75) is 44.9 Å². The average Bonchev–Trinajstić information content (AvgIpc) is 2.18. The van der Waals surface area contributed by atoms with Gasteiger partial charge in [0.15, 0.2) is 0 Å². The molecule has 1 aliphatic carbocycles. The maximum absolute atomic E-state index is 2.32. The first-order valence-electron chi connectivity index (χ1n) is 5.45. The lowest BCUT2D eigenvalue weighted by Gasteiger charge is -1.89. The highest BCUT2D eigenvalue weighted by atomic mass is 13.9. The highest BCUT2D eigenvalue weighted by molar-refractivity contribution is 4.92. The topological polar surface area (TPSA) is 0 Å². The lowest BCUT2D eigenvalue weighted by molar-refractivity contribution is 0.859. The van der Waals surface area contributed by atoms with Gasteiger partial charge in [-0.2, -0.15) is 0 Å². The second-order valence-electron chi connectivity index (χ2n) is 3.50. The van der Waals surface area contributed by atoms with E-state index in [9.17, 15) is 0 Å². The monoisotopic (exact) mass is 176 g/mol. The molecule has 0 nitrogen and oxygen atoms in total. The van der Waals surface area contributed by atoms with Gasteiger partial charge in [0.05, 0.1) is 0 Å². The van der Waals surface area contributed by atoms with Crippen LogP contribution in [0, 0.1) is 0 Å². The van der Waals surface area contributed by atoms with Gasteiger partial charge in [0, 0.05) is 0 Å². The summed E-state index contributed by atoms with van der Waals surface area (Å²) in [6.45, 7) is 0. The van der Waals surface area contributed by atoms with Crippen molar-refractivity contribution in [2.75, 3.05) is 0 Å². The van der Waals surface area contributed by atoms with Gasteiger partial charge in [-0.3, -0.25) is 0 Å². The van der Waals surface area contributed by atoms with E-state index < -0.39 is 0 Å². The van der Waals surface area contributed by atoms with E-state index in [0.717, 1.165) is 0 Å². The molecule has 72 valence electrons. The van der Waals surface area contributed by atoms with Crippen LogP contribution >= 0.6 is 0 Å². The van der Waals surface area contributed by atoms with Crippen LogP contribution in [0.4, 0.5) is 0 Å². The molecule has 1 rings (SSSR count). The van der Waals surface area contributed by atoms with Gasteiger partial charge in [0.1, 0.15) is 0 Å². The van der Waals surface area contributed by atoms with Gasteiger partial charge >= 0.3 is 0 Å². The molecule has 0 aromatic heterocycles. The second kappa shape index (κ2) is 7.85. The van der Waals surface area contributed by atoms with E-state index >= 15 is 0 Å². The van der Waals surface area contributed by atoms with Gasteiger partial charge in [-0.15, -0.1) is 0 Å². The average molecular weight is 176 g/mol. The van der Waals surface area contributed by atoms with E-state index in [1.54, 1.807) is 0 Å². The van der Waals surface area contributed by atoms with Crippen LogP contribution in [0.25, 0.3) is 0 Å². The van der Waals surface area contributed by atoms with Gasteiger partial charge < -0.3 is 0 Å². The zero-order valence-corrected chi connectivity index (χ0v) is 8.41. The Kier molecular flexibility index (Phi) is 6.22. The van der Waals surface area contributed by atoms with E-state index in [0.29, 0.717) is 0 Å². The van der Waals surface area contributed by atoms with Crippen LogP contribution in [0.5, 0.6) is 0 Å². The zero-order chi connectivity index (χ0) is 9.19. The van der Waals surface area contributed by atoms with Crippen LogP contribution in [0.15, 0.2) is 36.5 Å². The quantitative estimate of drug-likeness (QED) is 0.480. The maximum Gasteiger partial charge on any atom is -0.0316 e. The molecule has 0 heterocycles. The first-order valence-corrected chi connectivity index (χ1v) is 5.45. The van der Waals surface area contributed by atoms with Crippen LogP contribution < -0.4 is 0 Å². The molecular formula is C13H20. The zero-order valence-electron chi connectivity index (χ0n) is 8.41. The van der Waals surface area contributed by atoms with Crippen molar-refractivity contribution in [2.24, 2.45) is 0 Å². The summed E-state index contributed by atoms with van der Waals surface area (Å²) >= 11 is 0. The molecule has 0 atom stereocenters. The number of hydrogen-bond acceptors (Lipinski definition) is 0. The van der Waals surface area contributed by atoms with Gasteiger partial charge in [-0.1, -0.05) is 36.5 Å². The van der Waals surface area contributed by atoms with Gasteiger partial charge in [-0.25, -0.2) is 0 Å². The van der Waals surface area contributed by atoms with Crippen molar-refractivity contribution in [3.63, 3.8) is 0 Å². The molecule has 1 aliphatic rings. The van der Waals surface area contributed by atoms with Gasteiger partial charge in [0.2, 0.25) is 0 Å². The SMILES string of the molecule is C1=CCCC/C=C/CC/C=C/CC1. The number of rotatable bonds is 0. The predicted octanol–water partition coefficient (Wildman–Crippen LogP) is 4.40.